The van der Waals surface area contributed by atoms with Crippen molar-refractivity contribution in [3.05, 3.63) is 36.2 Å². The van der Waals surface area contributed by atoms with Crippen LogP contribution in [0.4, 0.5) is 0 Å². The highest BCUT2D eigenvalue weighted by atomic mass is 16.5. The van der Waals surface area contributed by atoms with Crippen LogP contribution >= 0.6 is 0 Å². The van der Waals surface area contributed by atoms with E-state index < -0.39 is 0 Å². The molecule has 132 valence electrons. The normalized spacial score (nSPS) is 16.8. The Bertz CT molecular complexity index is 834. The maximum atomic E-state index is 6.04. The van der Waals surface area contributed by atoms with Crippen molar-refractivity contribution in [3.63, 3.8) is 0 Å². The molecule has 3 aromatic heterocycles. The predicted octanol–water partition coefficient (Wildman–Crippen LogP) is 2.28. The first kappa shape index (κ1) is 16.0. The molecule has 8 nitrogen and oxygen atoms in total. The van der Waals surface area contributed by atoms with Gasteiger partial charge in [0.1, 0.15) is 6.10 Å². The Morgan fingerprint density at radius 1 is 1.24 bits per heavy atom. The lowest BCUT2D eigenvalue weighted by Gasteiger charge is -2.30. The van der Waals surface area contributed by atoms with Gasteiger partial charge in [-0.3, -0.25) is 4.90 Å². The van der Waals surface area contributed by atoms with Crippen LogP contribution in [0.3, 0.4) is 0 Å². The molecule has 0 bridgehead atoms. The molecule has 4 heterocycles. The molecule has 1 saturated heterocycles. The first-order valence-corrected chi connectivity index (χ1v) is 8.69. The summed E-state index contributed by atoms with van der Waals surface area (Å²) < 4.78 is 13.1. The summed E-state index contributed by atoms with van der Waals surface area (Å²) in [6, 6.07) is 3.73. The second-order valence-electron chi connectivity index (χ2n) is 6.69. The summed E-state index contributed by atoms with van der Waals surface area (Å²) in [6.45, 7) is 6.71. The average Bonchev–Trinajstić information content (AvgIpc) is 3.25. The number of piperidine rings is 1. The van der Waals surface area contributed by atoms with Gasteiger partial charge in [-0.05, 0) is 12.8 Å². The molecule has 0 radical (unpaired) electrons. The minimum absolute atomic E-state index is 0.183. The highest BCUT2D eigenvalue weighted by Gasteiger charge is 2.23. The zero-order chi connectivity index (χ0) is 17.2. The van der Waals surface area contributed by atoms with Crippen molar-refractivity contribution in [2.75, 3.05) is 13.1 Å². The molecule has 4 rings (SSSR count). The number of likely N-dealkylation sites (tertiary alicyclic amines) is 1. The summed E-state index contributed by atoms with van der Waals surface area (Å²) in [7, 11) is 0. The molecule has 8 heteroatoms. The Labute approximate surface area is 145 Å². The number of nitrogens with zero attached hydrogens (tertiary/aromatic N) is 6. The van der Waals surface area contributed by atoms with Crippen LogP contribution in [-0.2, 0) is 6.54 Å². The van der Waals surface area contributed by atoms with Crippen LogP contribution in [0, 0.1) is 0 Å². The molecule has 3 aromatic rings. The standard InChI is InChI=1S/C17H22N6O2/c1-12(2)17-20-16(25-21-17)11-22-8-4-13(5-9-22)24-15-6-10-23-14(19-15)3-7-18-23/h3,6-7,10,12-13H,4-5,8-9,11H2,1-2H3. The van der Waals surface area contributed by atoms with Crippen molar-refractivity contribution in [1.82, 2.24) is 29.6 Å². The van der Waals surface area contributed by atoms with E-state index in [4.69, 9.17) is 9.26 Å². The maximum absolute atomic E-state index is 6.04. The van der Waals surface area contributed by atoms with Crippen molar-refractivity contribution >= 4 is 5.65 Å². The summed E-state index contributed by atoms with van der Waals surface area (Å²) >= 11 is 0. The van der Waals surface area contributed by atoms with E-state index >= 15 is 0 Å². The van der Waals surface area contributed by atoms with Gasteiger partial charge in [0.2, 0.25) is 11.8 Å². The third-order valence-corrected chi connectivity index (χ3v) is 4.41. The number of ether oxygens (including phenoxy) is 1. The zero-order valence-corrected chi connectivity index (χ0v) is 14.5. The topological polar surface area (TPSA) is 81.6 Å². The number of rotatable bonds is 5. The van der Waals surface area contributed by atoms with Gasteiger partial charge in [0, 0.05) is 37.3 Å². The van der Waals surface area contributed by atoms with E-state index in [1.165, 1.54) is 0 Å². The quantitative estimate of drug-likeness (QED) is 0.703. The van der Waals surface area contributed by atoms with Gasteiger partial charge in [-0.1, -0.05) is 19.0 Å². The second kappa shape index (κ2) is 6.79. The highest BCUT2D eigenvalue weighted by Crippen LogP contribution is 2.19. The zero-order valence-electron chi connectivity index (χ0n) is 14.5. The van der Waals surface area contributed by atoms with Crippen LogP contribution in [0.15, 0.2) is 29.0 Å². The predicted molar refractivity (Wildman–Crippen MR) is 90.3 cm³/mol. The van der Waals surface area contributed by atoms with Crippen LogP contribution in [-0.4, -0.2) is 48.8 Å². The third-order valence-electron chi connectivity index (χ3n) is 4.41. The van der Waals surface area contributed by atoms with E-state index in [2.05, 4.69) is 39.0 Å². The van der Waals surface area contributed by atoms with Gasteiger partial charge < -0.3 is 9.26 Å². The minimum Gasteiger partial charge on any atom is -0.474 e. The van der Waals surface area contributed by atoms with Crippen molar-refractivity contribution in [2.24, 2.45) is 0 Å². The molecule has 0 saturated carbocycles. The lowest BCUT2D eigenvalue weighted by Crippen LogP contribution is -2.38. The Balaban J connectivity index is 1.30. The molecule has 1 aliphatic heterocycles. The molecule has 0 amide bonds. The van der Waals surface area contributed by atoms with E-state index in [0.29, 0.717) is 18.3 Å². The molecule has 0 spiro atoms. The van der Waals surface area contributed by atoms with Crippen LogP contribution in [0.25, 0.3) is 5.65 Å². The van der Waals surface area contributed by atoms with E-state index in [1.54, 1.807) is 10.7 Å². The van der Waals surface area contributed by atoms with Crippen molar-refractivity contribution in [2.45, 2.75) is 45.3 Å². The first-order chi connectivity index (χ1) is 12.2. The summed E-state index contributed by atoms with van der Waals surface area (Å²) in [4.78, 5) is 11.2. The van der Waals surface area contributed by atoms with Gasteiger partial charge >= 0.3 is 0 Å². The van der Waals surface area contributed by atoms with Crippen LogP contribution < -0.4 is 4.74 Å². The molecular weight excluding hydrogens is 320 g/mol. The summed E-state index contributed by atoms with van der Waals surface area (Å²) in [6.07, 6.45) is 5.69. The van der Waals surface area contributed by atoms with Crippen LogP contribution in [0.5, 0.6) is 5.88 Å². The summed E-state index contributed by atoms with van der Waals surface area (Å²) in [5.74, 6) is 2.41. The van der Waals surface area contributed by atoms with Crippen LogP contribution in [0.2, 0.25) is 0 Å². The van der Waals surface area contributed by atoms with Crippen molar-refractivity contribution in [1.29, 1.82) is 0 Å². The molecular formula is C17H22N6O2. The van der Waals surface area contributed by atoms with E-state index in [9.17, 15) is 0 Å². The van der Waals surface area contributed by atoms with E-state index in [-0.39, 0.29) is 12.0 Å². The van der Waals surface area contributed by atoms with Gasteiger partial charge in [-0.25, -0.2) is 4.52 Å². The SMILES string of the molecule is CC(C)c1noc(CN2CCC(Oc3ccn4nccc4n3)CC2)n1. The van der Waals surface area contributed by atoms with Crippen LogP contribution in [0.1, 0.15) is 44.3 Å². The lowest BCUT2D eigenvalue weighted by atomic mass is 10.1. The fraction of sp³-hybridized carbons (Fsp3) is 0.529. The minimum atomic E-state index is 0.183. The molecule has 1 fully saturated rings. The van der Waals surface area contributed by atoms with Gasteiger partial charge in [0.15, 0.2) is 11.5 Å². The fourth-order valence-electron chi connectivity index (χ4n) is 2.97. The number of hydrogen-bond acceptors (Lipinski definition) is 7. The smallest absolute Gasteiger partial charge is 0.240 e. The highest BCUT2D eigenvalue weighted by molar-refractivity contribution is 5.37. The third kappa shape index (κ3) is 3.63. The van der Waals surface area contributed by atoms with Gasteiger partial charge in [0.05, 0.1) is 12.7 Å². The molecule has 25 heavy (non-hydrogen) atoms. The summed E-state index contributed by atoms with van der Waals surface area (Å²) in [5, 5.41) is 8.16. The fourth-order valence-corrected chi connectivity index (χ4v) is 2.97. The van der Waals surface area contributed by atoms with E-state index in [1.807, 2.05) is 18.3 Å². The Kier molecular flexibility index (Phi) is 4.35. The number of fused-ring (bicyclic) bond motifs is 1. The lowest BCUT2D eigenvalue weighted by molar-refractivity contribution is 0.0872. The molecule has 0 N–H and O–H groups in total. The van der Waals surface area contributed by atoms with Crippen molar-refractivity contribution < 1.29 is 9.26 Å². The maximum Gasteiger partial charge on any atom is 0.240 e. The monoisotopic (exact) mass is 342 g/mol. The molecule has 0 aromatic carbocycles. The Hall–Kier alpha value is -2.48. The first-order valence-electron chi connectivity index (χ1n) is 8.69. The van der Waals surface area contributed by atoms with Crippen molar-refractivity contribution in [3.8, 4) is 5.88 Å². The van der Waals surface area contributed by atoms with Gasteiger partial charge in [-0.2, -0.15) is 15.1 Å². The molecule has 0 aliphatic carbocycles. The molecule has 1 aliphatic rings. The molecule has 0 atom stereocenters. The van der Waals surface area contributed by atoms with Gasteiger partial charge in [-0.15, -0.1) is 0 Å². The largest absolute Gasteiger partial charge is 0.474 e. The second-order valence-corrected chi connectivity index (χ2v) is 6.69. The van der Waals surface area contributed by atoms with E-state index in [0.717, 1.165) is 37.4 Å². The van der Waals surface area contributed by atoms with Gasteiger partial charge in [0.25, 0.3) is 0 Å². The Morgan fingerprint density at radius 3 is 2.84 bits per heavy atom. The summed E-state index contributed by atoms with van der Waals surface area (Å²) in [5.41, 5.74) is 0.798. The number of hydrogen-bond donors (Lipinski definition) is 0. The Morgan fingerprint density at radius 2 is 2.08 bits per heavy atom. The average molecular weight is 342 g/mol. The molecule has 0 unspecified atom stereocenters. The number of aromatic nitrogens is 5.